The van der Waals surface area contributed by atoms with Crippen LogP contribution in [0.25, 0.3) is 0 Å². The second-order valence-corrected chi connectivity index (χ2v) is 4.98. The number of carbonyl (C=O) groups is 1. The molecule has 3 rings (SSSR count). The van der Waals surface area contributed by atoms with Crippen molar-refractivity contribution < 1.29 is 9.53 Å². The molecule has 2 fully saturated rings. The molecule has 0 N–H and O–H groups in total. The molecule has 0 unspecified atom stereocenters. The SMILES string of the molecule is CCc1ccc(N2CC[C@H]3CCO[C@H]3C2=O)cn1. The van der Waals surface area contributed by atoms with Crippen molar-refractivity contribution in [3.8, 4) is 0 Å². The van der Waals surface area contributed by atoms with E-state index < -0.39 is 0 Å². The van der Waals surface area contributed by atoms with E-state index >= 15 is 0 Å². The normalized spacial score (nSPS) is 27.4. The molecule has 0 radical (unpaired) electrons. The predicted octanol–water partition coefficient (Wildman–Crippen LogP) is 1.79. The van der Waals surface area contributed by atoms with Crippen LogP contribution in [-0.4, -0.2) is 30.1 Å². The van der Waals surface area contributed by atoms with E-state index in [0.717, 1.165) is 43.8 Å². The van der Waals surface area contributed by atoms with Crippen LogP contribution in [0.15, 0.2) is 18.3 Å². The van der Waals surface area contributed by atoms with Gasteiger partial charge in [0.05, 0.1) is 11.9 Å². The van der Waals surface area contributed by atoms with Gasteiger partial charge in [0.1, 0.15) is 6.10 Å². The van der Waals surface area contributed by atoms with Crippen LogP contribution < -0.4 is 4.90 Å². The summed E-state index contributed by atoms with van der Waals surface area (Å²) in [6.45, 7) is 3.59. The fraction of sp³-hybridized carbons (Fsp3) is 0.571. The molecular formula is C14H18N2O2. The van der Waals surface area contributed by atoms with Crippen LogP contribution in [0.3, 0.4) is 0 Å². The molecular weight excluding hydrogens is 228 g/mol. The molecule has 2 aliphatic heterocycles. The van der Waals surface area contributed by atoms with Crippen molar-refractivity contribution in [1.29, 1.82) is 0 Å². The van der Waals surface area contributed by atoms with Crippen LogP contribution in [0.2, 0.25) is 0 Å². The van der Waals surface area contributed by atoms with Gasteiger partial charge in [-0.2, -0.15) is 0 Å². The molecule has 0 spiro atoms. The maximum absolute atomic E-state index is 12.3. The van der Waals surface area contributed by atoms with Crippen molar-refractivity contribution in [2.75, 3.05) is 18.1 Å². The Balaban J connectivity index is 1.81. The number of hydrogen-bond acceptors (Lipinski definition) is 3. The number of rotatable bonds is 2. The second kappa shape index (κ2) is 4.69. The highest BCUT2D eigenvalue weighted by Gasteiger charge is 2.41. The fourth-order valence-corrected chi connectivity index (χ4v) is 2.80. The zero-order valence-corrected chi connectivity index (χ0v) is 10.6. The quantitative estimate of drug-likeness (QED) is 0.799. The van der Waals surface area contributed by atoms with Gasteiger partial charge in [-0.15, -0.1) is 0 Å². The van der Waals surface area contributed by atoms with Crippen LogP contribution in [0.5, 0.6) is 0 Å². The third kappa shape index (κ3) is 1.90. The van der Waals surface area contributed by atoms with Crippen molar-refractivity contribution in [2.24, 2.45) is 5.92 Å². The Hall–Kier alpha value is -1.42. The largest absolute Gasteiger partial charge is 0.368 e. The Morgan fingerprint density at radius 2 is 2.33 bits per heavy atom. The fourth-order valence-electron chi connectivity index (χ4n) is 2.80. The highest BCUT2D eigenvalue weighted by molar-refractivity contribution is 5.97. The van der Waals surface area contributed by atoms with Crippen molar-refractivity contribution in [2.45, 2.75) is 32.3 Å². The first-order chi connectivity index (χ1) is 8.79. The van der Waals surface area contributed by atoms with E-state index in [4.69, 9.17) is 4.74 Å². The number of piperidine rings is 1. The Morgan fingerprint density at radius 1 is 1.44 bits per heavy atom. The van der Waals surface area contributed by atoms with Gasteiger partial charge >= 0.3 is 0 Å². The highest BCUT2D eigenvalue weighted by Crippen LogP contribution is 2.32. The maximum atomic E-state index is 12.3. The maximum Gasteiger partial charge on any atom is 0.256 e. The zero-order chi connectivity index (χ0) is 12.5. The van der Waals surface area contributed by atoms with Crippen LogP contribution in [0, 0.1) is 5.92 Å². The van der Waals surface area contributed by atoms with Gasteiger partial charge in [0, 0.05) is 18.8 Å². The summed E-state index contributed by atoms with van der Waals surface area (Å²) in [5.74, 6) is 0.534. The van der Waals surface area contributed by atoms with Gasteiger partial charge in [-0.3, -0.25) is 9.78 Å². The van der Waals surface area contributed by atoms with Gasteiger partial charge in [0.25, 0.3) is 5.91 Å². The lowest BCUT2D eigenvalue weighted by molar-refractivity contribution is -0.130. The first-order valence-electron chi connectivity index (χ1n) is 6.67. The highest BCUT2D eigenvalue weighted by atomic mass is 16.5. The molecule has 1 aromatic heterocycles. The van der Waals surface area contributed by atoms with Crippen molar-refractivity contribution in [1.82, 2.24) is 4.98 Å². The molecule has 0 bridgehead atoms. The lowest BCUT2D eigenvalue weighted by atomic mass is 9.92. The molecule has 4 heteroatoms. The van der Waals surface area contributed by atoms with E-state index in [-0.39, 0.29) is 12.0 Å². The number of carbonyl (C=O) groups excluding carboxylic acids is 1. The van der Waals surface area contributed by atoms with Gasteiger partial charge in [0.15, 0.2) is 0 Å². The van der Waals surface area contributed by atoms with Crippen molar-refractivity contribution >= 4 is 11.6 Å². The zero-order valence-electron chi connectivity index (χ0n) is 10.6. The molecule has 2 saturated heterocycles. The van der Waals surface area contributed by atoms with E-state index in [2.05, 4.69) is 11.9 Å². The minimum atomic E-state index is -0.218. The summed E-state index contributed by atoms with van der Waals surface area (Å²) in [4.78, 5) is 18.5. The average Bonchev–Trinajstić information content (AvgIpc) is 2.89. The van der Waals surface area contributed by atoms with E-state index in [1.807, 2.05) is 17.0 Å². The summed E-state index contributed by atoms with van der Waals surface area (Å²) in [6, 6.07) is 3.98. The van der Waals surface area contributed by atoms with Crippen molar-refractivity contribution in [3.63, 3.8) is 0 Å². The number of hydrogen-bond donors (Lipinski definition) is 0. The molecule has 3 heterocycles. The first-order valence-corrected chi connectivity index (χ1v) is 6.67. The Bertz CT molecular complexity index is 444. The monoisotopic (exact) mass is 246 g/mol. The smallest absolute Gasteiger partial charge is 0.256 e. The minimum absolute atomic E-state index is 0.106. The Labute approximate surface area is 107 Å². The molecule has 1 aromatic rings. The minimum Gasteiger partial charge on any atom is -0.368 e. The van der Waals surface area contributed by atoms with Gasteiger partial charge in [0.2, 0.25) is 0 Å². The number of ether oxygens (including phenoxy) is 1. The van der Waals surface area contributed by atoms with Crippen LogP contribution in [0.1, 0.15) is 25.5 Å². The second-order valence-electron chi connectivity index (χ2n) is 4.98. The number of amides is 1. The summed E-state index contributed by atoms with van der Waals surface area (Å²) in [6.07, 6.45) is 4.56. The number of pyridine rings is 1. The van der Waals surface area contributed by atoms with Crippen molar-refractivity contribution in [3.05, 3.63) is 24.0 Å². The van der Waals surface area contributed by atoms with Crippen LogP contribution in [0.4, 0.5) is 5.69 Å². The van der Waals surface area contributed by atoms with Gasteiger partial charge in [-0.25, -0.2) is 0 Å². The molecule has 2 aliphatic rings. The Morgan fingerprint density at radius 3 is 3.06 bits per heavy atom. The topological polar surface area (TPSA) is 42.4 Å². The summed E-state index contributed by atoms with van der Waals surface area (Å²) in [5.41, 5.74) is 1.95. The number of fused-ring (bicyclic) bond motifs is 1. The van der Waals surface area contributed by atoms with Gasteiger partial charge < -0.3 is 9.64 Å². The molecule has 4 nitrogen and oxygen atoms in total. The molecule has 0 aromatic carbocycles. The van der Waals surface area contributed by atoms with Crippen LogP contribution >= 0.6 is 0 Å². The lowest BCUT2D eigenvalue weighted by Crippen LogP contribution is -2.47. The molecule has 96 valence electrons. The molecule has 18 heavy (non-hydrogen) atoms. The standard InChI is InChI=1S/C14H18N2O2/c1-2-11-3-4-12(9-15-11)16-7-5-10-6-8-18-13(10)14(16)17/h3-4,9-10,13H,2,5-8H2,1H3/t10-,13+/m0/s1. The summed E-state index contributed by atoms with van der Waals surface area (Å²) in [5, 5.41) is 0. The average molecular weight is 246 g/mol. The van der Waals surface area contributed by atoms with E-state index in [9.17, 15) is 4.79 Å². The first kappa shape index (κ1) is 11.7. The third-order valence-electron chi connectivity index (χ3n) is 3.93. The number of aromatic nitrogens is 1. The summed E-state index contributed by atoms with van der Waals surface area (Å²) < 4.78 is 5.55. The Kier molecular flexibility index (Phi) is 3.04. The molecule has 2 atom stereocenters. The van der Waals surface area contributed by atoms with E-state index in [1.165, 1.54) is 0 Å². The number of aryl methyl sites for hydroxylation is 1. The molecule has 1 amide bonds. The predicted molar refractivity (Wildman–Crippen MR) is 68.4 cm³/mol. The molecule has 0 aliphatic carbocycles. The van der Waals surface area contributed by atoms with E-state index in [1.54, 1.807) is 6.20 Å². The lowest BCUT2D eigenvalue weighted by Gasteiger charge is -2.33. The number of anilines is 1. The van der Waals surface area contributed by atoms with Gasteiger partial charge in [-0.1, -0.05) is 6.92 Å². The summed E-state index contributed by atoms with van der Waals surface area (Å²) in [7, 11) is 0. The molecule has 0 saturated carbocycles. The third-order valence-corrected chi connectivity index (χ3v) is 3.93. The number of nitrogens with zero attached hydrogens (tertiary/aromatic N) is 2. The van der Waals surface area contributed by atoms with E-state index in [0.29, 0.717) is 5.92 Å². The summed E-state index contributed by atoms with van der Waals surface area (Å²) >= 11 is 0. The van der Waals surface area contributed by atoms with Crippen LogP contribution in [-0.2, 0) is 16.0 Å². The van der Waals surface area contributed by atoms with Gasteiger partial charge in [-0.05, 0) is 37.3 Å².